The smallest absolute Gasteiger partial charge is 0.272 e. The normalized spacial score (nSPS) is 16.2. The van der Waals surface area contributed by atoms with Crippen LogP contribution in [0.3, 0.4) is 0 Å². The minimum absolute atomic E-state index is 0.0248. The van der Waals surface area contributed by atoms with Crippen molar-refractivity contribution in [2.24, 2.45) is 0 Å². The number of aromatic nitrogens is 3. The van der Waals surface area contributed by atoms with Crippen LogP contribution in [0.4, 0.5) is 0 Å². The number of ether oxygens (including phenoxy) is 3. The second-order valence-electron chi connectivity index (χ2n) is 9.53. The van der Waals surface area contributed by atoms with Crippen molar-refractivity contribution < 1.29 is 23.8 Å². The first kappa shape index (κ1) is 23.8. The summed E-state index contributed by atoms with van der Waals surface area (Å²) >= 11 is 0. The van der Waals surface area contributed by atoms with Crippen LogP contribution in [0.5, 0.6) is 17.2 Å². The van der Waals surface area contributed by atoms with E-state index in [1.54, 1.807) is 55.8 Å². The fourth-order valence-corrected chi connectivity index (χ4v) is 5.27. The molecule has 6 rings (SSSR count). The van der Waals surface area contributed by atoms with E-state index in [1.165, 1.54) is 0 Å². The van der Waals surface area contributed by atoms with E-state index in [-0.39, 0.29) is 23.8 Å². The standard InChI is InChI=1S/C29H26N4O5/c1-36-24-6-3-5-19-25(37-2)16-21(32-26(19)24)28(35)33-13-9-29(10-14-33)17-22(34)20-15-18(7-8-23(20)38-29)27-30-11-4-12-31-27/h3-8,11-12,15-16H,9-10,13-14,17H2,1-2H3. The molecule has 1 amide bonds. The molecule has 1 saturated heterocycles. The molecule has 0 bridgehead atoms. The molecule has 2 aromatic heterocycles. The molecule has 9 nitrogen and oxygen atoms in total. The lowest BCUT2D eigenvalue weighted by Crippen LogP contribution is -2.52. The van der Waals surface area contributed by atoms with E-state index >= 15 is 0 Å². The van der Waals surface area contributed by atoms with Crippen molar-refractivity contribution in [2.75, 3.05) is 27.3 Å². The van der Waals surface area contributed by atoms with Crippen molar-refractivity contribution in [1.82, 2.24) is 19.9 Å². The second-order valence-corrected chi connectivity index (χ2v) is 9.53. The van der Waals surface area contributed by atoms with Gasteiger partial charge in [0.15, 0.2) is 11.6 Å². The number of rotatable bonds is 4. The first-order valence-corrected chi connectivity index (χ1v) is 12.4. The largest absolute Gasteiger partial charge is 0.496 e. The molecule has 0 saturated carbocycles. The van der Waals surface area contributed by atoms with Crippen LogP contribution < -0.4 is 14.2 Å². The maximum absolute atomic E-state index is 13.5. The van der Waals surface area contributed by atoms with Gasteiger partial charge in [-0.05, 0) is 36.4 Å². The summed E-state index contributed by atoms with van der Waals surface area (Å²) in [7, 11) is 3.14. The molecule has 38 heavy (non-hydrogen) atoms. The number of pyridine rings is 1. The van der Waals surface area contributed by atoms with Gasteiger partial charge in [-0.1, -0.05) is 6.07 Å². The van der Waals surface area contributed by atoms with Crippen molar-refractivity contribution in [2.45, 2.75) is 24.9 Å². The van der Waals surface area contributed by atoms with Crippen LogP contribution >= 0.6 is 0 Å². The van der Waals surface area contributed by atoms with Crippen molar-refractivity contribution in [3.8, 4) is 28.6 Å². The number of hydrogen-bond donors (Lipinski definition) is 0. The number of para-hydroxylation sites is 1. The highest BCUT2D eigenvalue weighted by atomic mass is 16.5. The number of piperidine rings is 1. The maximum Gasteiger partial charge on any atom is 0.272 e. The van der Waals surface area contributed by atoms with Gasteiger partial charge in [-0.3, -0.25) is 9.59 Å². The number of amides is 1. The summed E-state index contributed by atoms with van der Waals surface area (Å²) in [6, 6.07) is 14.4. The van der Waals surface area contributed by atoms with Crippen LogP contribution in [-0.4, -0.2) is 64.5 Å². The molecule has 1 fully saturated rings. The van der Waals surface area contributed by atoms with E-state index < -0.39 is 5.60 Å². The number of carbonyl (C=O) groups is 2. The van der Waals surface area contributed by atoms with Crippen molar-refractivity contribution in [3.05, 3.63) is 72.2 Å². The molecule has 2 aliphatic rings. The van der Waals surface area contributed by atoms with E-state index in [0.717, 1.165) is 10.9 Å². The van der Waals surface area contributed by atoms with Gasteiger partial charge in [0.1, 0.15) is 34.1 Å². The number of Topliss-reactive ketones (excluding diaryl/α,β-unsaturated/α-hetero) is 1. The zero-order chi connectivity index (χ0) is 26.3. The Bertz CT molecular complexity index is 1550. The Hall–Kier alpha value is -4.53. The third-order valence-electron chi connectivity index (χ3n) is 7.30. The molecule has 1 spiro atoms. The van der Waals surface area contributed by atoms with Gasteiger partial charge in [0.25, 0.3) is 5.91 Å². The molecule has 192 valence electrons. The third-order valence-corrected chi connectivity index (χ3v) is 7.30. The highest BCUT2D eigenvalue weighted by Crippen LogP contribution is 2.41. The number of methoxy groups -OCH3 is 2. The SMILES string of the molecule is COc1cc(C(=O)N2CCC3(CC2)CC(=O)c2cc(-c4ncccn4)ccc2O3)nc2c(OC)cccc12. The molecule has 4 aromatic rings. The van der Waals surface area contributed by atoms with E-state index in [2.05, 4.69) is 15.0 Å². The molecule has 0 atom stereocenters. The number of nitrogens with zero attached hydrogens (tertiary/aromatic N) is 4. The van der Waals surface area contributed by atoms with Gasteiger partial charge >= 0.3 is 0 Å². The Morgan fingerprint density at radius 1 is 0.974 bits per heavy atom. The lowest BCUT2D eigenvalue weighted by molar-refractivity contribution is -0.00583. The molecule has 0 unspecified atom stereocenters. The number of likely N-dealkylation sites (tertiary alicyclic amines) is 1. The number of carbonyl (C=O) groups excluding carboxylic acids is 2. The molecule has 9 heteroatoms. The zero-order valence-corrected chi connectivity index (χ0v) is 21.1. The summed E-state index contributed by atoms with van der Waals surface area (Å²) in [6.45, 7) is 0.899. The number of benzene rings is 2. The lowest BCUT2D eigenvalue weighted by atomic mass is 9.82. The van der Waals surface area contributed by atoms with E-state index in [9.17, 15) is 9.59 Å². The first-order chi connectivity index (χ1) is 18.5. The monoisotopic (exact) mass is 510 g/mol. The summed E-state index contributed by atoms with van der Waals surface area (Å²) in [5.41, 5.74) is 1.54. The predicted molar refractivity (Wildman–Crippen MR) is 140 cm³/mol. The number of fused-ring (bicyclic) bond motifs is 2. The van der Waals surface area contributed by atoms with Crippen LogP contribution in [0.25, 0.3) is 22.3 Å². The quantitative estimate of drug-likeness (QED) is 0.399. The van der Waals surface area contributed by atoms with Crippen molar-refractivity contribution in [3.63, 3.8) is 0 Å². The van der Waals surface area contributed by atoms with Gasteiger partial charge in [-0.25, -0.2) is 15.0 Å². The van der Waals surface area contributed by atoms with Gasteiger partial charge in [0.2, 0.25) is 0 Å². The molecular formula is C29H26N4O5. The van der Waals surface area contributed by atoms with Crippen molar-refractivity contribution >= 4 is 22.6 Å². The highest BCUT2D eigenvalue weighted by Gasteiger charge is 2.44. The predicted octanol–water partition coefficient (Wildman–Crippen LogP) is 4.35. The fourth-order valence-electron chi connectivity index (χ4n) is 5.27. The summed E-state index contributed by atoms with van der Waals surface area (Å²) in [4.78, 5) is 41.6. The maximum atomic E-state index is 13.5. The van der Waals surface area contributed by atoms with Crippen LogP contribution in [0.1, 0.15) is 40.1 Å². The number of hydrogen-bond acceptors (Lipinski definition) is 8. The Morgan fingerprint density at radius 3 is 2.47 bits per heavy atom. The molecule has 2 aliphatic heterocycles. The topological polar surface area (TPSA) is 104 Å². The van der Waals surface area contributed by atoms with E-state index in [0.29, 0.717) is 60.1 Å². The summed E-state index contributed by atoms with van der Waals surface area (Å²) in [6.07, 6.45) is 4.69. The first-order valence-electron chi connectivity index (χ1n) is 12.4. The average Bonchev–Trinajstić information content (AvgIpc) is 2.96. The highest BCUT2D eigenvalue weighted by molar-refractivity contribution is 6.01. The Kier molecular flexibility index (Phi) is 5.90. The lowest BCUT2D eigenvalue weighted by Gasteiger charge is -2.44. The Balaban J connectivity index is 1.21. The molecular weight excluding hydrogens is 484 g/mol. The van der Waals surface area contributed by atoms with Crippen LogP contribution in [0.2, 0.25) is 0 Å². The molecule has 0 radical (unpaired) electrons. The number of ketones is 1. The van der Waals surface area contributed by atoms with Crippen LogP contribution in [-0.2, 0) is 0 Å². The molecule has 0 N–H and O–H groups in total. The Labute approximate surface area is 219 Å². The van der Waals surface area contributed by atoms with Gasteiger partial charge in [-0.2, -0.15) is 0 Å². The van der Waals surface area contributed by atoms with Gasteiger partial charge in [0, 0.05) is 55.3 Å². The second kappa shape index (κ2) is 9.41. The molecule has 4 heterocycles. The van der Waals surface area contributed by atoms with Crippen LogP contribution in [0, 0.1) is 0 Å². The summed E-state index contributed by atoms with van der Waals surface area (Å²) < 4.78 is 17.4. The fraction of sp³-hybridized carbons (Fsp3) is 0.276. The van der Waals surface area contributed by atoms with Gasteiger partial charge < -0.3 is 19.1 Å². The summed E-state index contributed by atoms with van der Waals surface area (Å²) in [5, 5.41) is 0.774. The minimum atomic E-state index is -0.636. The van der Waals surface area contributed by atoms with E-state index in [1.807, 2.05) is 24.3 Å². The van der Waals surface area contributed by atoms with Gasteiger partial charge in [0.05, 0.1) is 26.2 Å². The van der Waals surface area contributed by atoms with Crippen LogP contribution in [0.15, 0.2) is 60.9 Å². The zero-order valence-electron chi connectivity index (χ0n) is 21.1. The molecule has 0 aliphatic carbocycles. The average molecular weight is 511 g/mol. The van der Waals surface area contributed by atoms with E-state index in [4.69, 9.17) is 14.2 Å². The minimum Gasteiger partial charge on any atom is -0.496 e. The molecule has 2 aromatic carbocycles. The Morgan fingerprint density at radius 2 is 1.74 bits per heavy atom. The summed E-state index contributed by atoms with van der Waals surface area (Å²) in [5.74, 6) is 2.09. The van der Waals surface area contributed by atoms with Crippen molar-refractivity contribution in [1.29, 1.82) is 0 Å². The third kappa shape index (κ3) is 4.09. The van der Waals surface area contributed by atoms with Gasteiger partial charge in [-0.15, -0.1) is 0 Å².